The largest absolute Gasteiger partial charge is 0.400 e. The second-order valence-electron chi connectivity index (χ2n) is 1.57. The van der Waals surface area contributed by atoms with Crippen molar-refractivity contribution in [3.05, 3.63) is 0 Å². The molecule has 0 aromatic rings. The Kier molecular flexibility index (Phi) is 4.22. The van der Waals surface area contributed by atoms with Gasteiger partial charge in [-0.15, -0.1) is 0 Å². The minimum atomic E-state index is -0.144. The second-order valence-corrected chi connectivity index (χ2v) is 2.28. The maximum absolute atomic E-state index is 10.4. The molecule has 0 aromatic carbocycles. The molecule has 0 radical (unpaired) electrons. The molecule has 58 valence electrons. The fraction of sp³-hybridized carbons (Fsp3) is 0.600. The summed E-state index contributed by atoms with van der Waals surface area (Å²) >= 11 is 2.80. The van der Waals surface area contributed by atoms with E-state index < -0.39 is 0 Å². The standard InChI is InChI=1S/C4H4BrNO2.CH4O/c5-6-3(7)1-2-4(6)8;1-2/h1-2H2;2H,1H3. The molecule has 1 saturated heterocycles. The summed E-state index contributed by atoms with van der Waals surface area (Å²) in [6, 6.07) is 0. The zero-order valence-electron chi connectivity index (χ0n) is 5.50. The van der Waals surface area contributed by atoms with Gasteiger partial charge in [0, 0.05) is 20.0 Å². The van der Waals surface area contributed by atoms with Gasteiger partial charge in [0.05, 0.1) is 16.1 Å². The van der Waals surface area contributed by atoms with Crippen LogP contribution >= 0.6 is 16.1 Å². The summed E-state index contributed by atoms with van der Waals surface area (Å²) in [5.74, 6) is -0.287. The number of carbonyl (C=O) groups is 2. The summed E-state index contributed by atoms with van der Waals surface area (Å²) in [7, 11) is 1.00. The Bertz CT molecular complexity index is 132. The third kappa shape index (κ3) is 2.07. The molecule has 5 heteroatoms. The normalized spacial score (nSPS) is 16.9. The van der Waals surface area contributed by atoms with Gasteiger partial charge in [-0.05, 0) is 0 Å². The van der Waals surface area contributed by atoms with Crippen LogP contribution in [-0.2, 0) is 9.59 Å². The smallest absolute Gasteiger partial charge is 0.239 e. The van der Waals surface area contributed by atoms with E-state index in [-0.39, 0.29) is 11.8 Å². The highest BCUT2D eigenvalue weighted by molar-refractivity contribution is 9.08. The zero-order valence-corrected chi connectivity index (χ0v) is 7.09. The van der Waals surface area contributed by atoms with Crippen LogP contribution in [0.15, 0.2) is 0 Å². The number of aliphatic hydroxyl groups excluding tert-OH is 1. The van der Waals surface area contributed by atoms with Crippen LogP contribution in [0.2, 0.25) is 0 Å². The quantitative estimate of drug-likeness (QED) is 0.454. The molecular weight excluding hydrogens is 202 g/mol. The SMILES string of the molecule is CO.O=C1CCC(=O)N1Br. The molecule has 1 fully saturated rings. The second kappa shape index (κ2) is 4.40. The van der Waals surface area contributed by atoms with Crippen molar-refractivity contribution in [3.8, 4) is 0 Å². The first-order valence-corrected chi connectivity index (χ1v) is 3.39. The zero-order chi connectivity index (χ0) is 8.15. The lowest BCUT2D eigenvalue weighted by atomic mass is 10.4. The molecule has 1 aliphatic heterocycles. The molecule has 0 saturated carbocycles. The highest BCUT2D eigenvalue weighted by atomic mass is 79.9. The Morgan fingerprint density at radius 2 is 1.60 bits per heavy atom. The van der Waals surface area contributed by atoms with E-state index in [9.17, 15) is 9.59 Å². The maximum Gasteiger partial charge on any atom is 0.239 e. The van der Waals surface area contributed by atoms with Crippen molar-refractivity contribution in [2.45, 2.75) is 12.8 Å². The number of hydrogen-bond donors (Lipinski definition) is 1. The Hall–Kier alpha value is -0.420. The number of imide groups is 1. The Labute approximate surface area is 67.2 Å². The van der Waals surface area contributed by atoms with Gasteiger partial charge in [-0.25, -0.2) is 3.93 Å². The summed E-state index contributed by atoms with van der Waals surface area (Å²) in [5.41, 5.74) is 0. The van der Waals surface area contributed by atoms with Crippen molar-refractivity contribution in [1.82, 2.24) is 3.93 Å². The molecule has 1 heterocycles. The minimum absolute atomic E-state index is 0.144. The van der Waals surface area contributed by atoms with Crippen LogP contribution in [0.1, 0.15) is 12.8 Å². The van der Waals surface area contributed by atoms with Gasteiger partial charge in [0.2, 0.25) is 11.8 Å². The van der Waals surface area contributed by atoms with E-state index in [0.717, 1.165) is 11.0 Å². The van der Waals surface area contributed by atoms with Gasteiger partial charge in [-0.3, -0.25) is 9.59 Å². The number of hydrogen-bond acceptors (Lipinski definition) is 3. The third-order valence-corrected chi connectivity index (χ3v) is 1.78. The van der Waals surface area contributed by atoms with Gasteiger partial charge in [0.25, 0.3) is 0 Å². The van der Waals surface area contributed by atoms with Crippen LogP contribution in [0.5, 0.6) is 0 Å². The van der Waals surface area contributed by atoms with Crippen LogP contribution in [0.4, 0.5) is 0 Å². The number of halogens is 1. The summed E-state index contributed by atoms with van der Waals surface area (Å²) in [5, 5.41) is 7.00. The fourth-order valence-electron chi connectivity index (χ4n) is 0.549. The van der Waals surface area contributed by atoms with Crippen molar-refractivity contribution < 1.29 is 14.7 Å². The number of amides is 2. The first kappa shape index (κ1) is 9.58. The summed E-state index contributed by atoms with van der Waals surface area (Å²) in [4.78, 5) is 20.9. The fourth-order valence-corrected chi connectivity index (χ4v) is 0.904. The Balaban J connectivity index is 0.000000371. The van der Waals surface area contributed by atoms with E-state index in [4.69, 9.17) is 5.11 Å². The molecule has 1 rings (SSSR count). The topological polar surface area (TPSA) is 57.6 Å². The van der Waals surface area contributed by atoms with E-state index in [1.165, 1.54) is 0 Å². The number of rotatable bonds is 0. The molecule has 2 amide bonds. The molecule has 0 unspecified atom stereocenters. The van der Waals surface area contributed by atoms with Crippen molar-refractivity contribution in [3.63, 3.8) is 0 Å². The first-order valence-electron chi connectivity index (χ1n) is 2.68. The van der Waals surface area contributed by atoms with Crippen LogP contribution in [0, 0.1) is 0 Å². The molecule has 10 heavy (non-hydrogen) atoms. The molecule has 0 atom stereocenters. The van der Waals surface area contributed by atoms with Gasteiger partial charge in [-0.2, -0.15) is 0 Å². The van der Waals surface area contributed by atoms with Crippen LogP contribution in [-0.4, -0.2) is 28.0 Å². The first-order chi connectivity index (χ1) is 4.72. The summed E-state index contributed by atoms with van der Waals surface area (Å²) < 4.78 is 0.979. The lowest BCUT2D eigenvalue weighted by Gasteiger charge is -1.97. The van der Waals surface area contributed by atoms with Gasteiger partial charge in [0.15, 0.2) is 0 Å². The van der Waals surface area contributed by atoms with Crippen molar-refractivity contribution in [2.24, 2.45) is 0 Å². The Morgan fingerprint density at radius 1 is 1.30 bits per heavy atom. The Morgan fingerprint density at radius 3 is 1.70 bits per heavy atom. The molecule has 0 aliphatic carbocycles. The molecular formula is C5H8BrNO3. The minimum Gasteiger partial charge on any atom is -0.400 e. The van der Waals surface area contributed by atoms with Crippen LogP contribution in [0.25, 0.3) is 0 Å². The van der Waals surface area contributed by atoms with E-state index >= 15 is 0 Å². The average Bonchev–Trinajstić information content (AvgIpc) is 2.25. The van der Waals surface area contributed by atoms with Gasteiger partial charge >= 0.3 is 0 Å². The lowest BCUT2D eigenvalue weighted by molar-refractivity contribution is -0.131. The third-order valence-electron chi connectivity index (χ3n) is 0.991. The van der Waals surface area contributed by atoms with Crippen LogP contribution < -0.4 is 0 Å². The van der Waals surface area contributed by atoms with E-state index in [1.54, 1.807) is 0 Å². The van der Waals surface area contributed by atoms with Crippen LogP contribution in [0.3, 0.4) is 0 Å². The summed E-state index contributed by atoms with van der Waals surface area (Å²) in [6.45, 7) is 0. The number of carbonyl (C=O) groups excluding carboxylic acids is 2. The molecule has 1 N–H and O–H groups in total. The molecule has 0 bridgehead atoms. The highest BCUT2D eigenvalue weighted by Crippen LogP contribution is 2.14. The monoisotopic (exact) mass is 209 g/mol. The van der Waals surface area contributed by atoms with Crippen molar-refractivity contribution >= 4 is 28.0 Å². The maximum atomic E-state index is 10.4. The average molecular weight is 210 g/mol. The van der Waals surface area contributed by atoms with E-state index in [2.05, 4.69) is 16.1 Å². The summed E-state index contributed by atoms with van der Waals surface area (Å²) in [6.07, 6.45) is 0.703. The lowest BCUT2D eigenvalue weighted by Crippen LogP contribution is -2.16. The number of aliphatic hydroxyl groups is 1. The predicted octanol–water partition coefficient (Wildman–Crippen LogP) is 0.0538. The van der Waals surface area contributed by atoms with E-state index in [1.807, 2.05) is 0 Å². The van der Waals surface area contributed by atoms with Gasteiger partial charge in [-0.1, -0.05) is 0 Å². The predicted molar refractivity (Wildman–Crippen MR) is 38.2 cm³/mol. The highest BCUT2D eigenvalue weighted by Gasteiger charge is 2.26. The van der Waals surface area contributed by atoms with Gasteiger partial charge < -0.3 is 5.11 Å². The number of nitrogens with zero attached hydrogens (tertiary/aromatic N) is 1. The molecule has 1 aliphatic rings. The van der Waals surface area contributed by atoms with E-state index in [0.29, 0.717) is 12.8 Å². The van der Waals surface area contributed by atoms with Gasteiger partial charge in [0.1, 0.15) is 0 Å². The van der Waals surface area contributed by atoms with Crippen molar-refractivity contribution in [1.29, 1.82) is 0 Å². The molecule has 4 nitrogen and oxygen atoms in total. The molecule has 0 spiro atoms. The van der Waals surface area contributed by atoms with Crippen molar-refractivity contribution in [2.75, 3.05) is 7.11 Å². The molecule has 0 aromatic heterocycles.